The summed E-state index contributed by atoms with van der Waals surface area (Å²) in [5.41, 5.74) is 15.6. The van der Waals surface area contributed by atoms with Crippen molar-refractivity contribution in [2.24, 2.45) is 15.7 Å². The minimum absolute atomic E-state index is 0.0844. The van der Waals surface area contributed by atoms with Gasteiger partial charge in [-0.1, -0.05) is 146 Å². The van der Waals surface area contributed by atoms with E-state index in [1.165, 1.54) is 37.1 Å². The van der Waals surface area contributed by atoms with Crippen molar-refractivity contribution in [1.29, 1.82) is 0 Å². The second-order valence-electron chi connectivity index (χ2n) is 13.2. The lowest BCUT2D eigenvalue weighted by atomic mass is 9.91. The number of allylic oxidation sites excluding steroid dienone is 2. The average Bonchev–Trinajstić information content (AvgIpc) is 3.74. The SMILES string of the molecule is CC(/N=C(\N=C(/N)c1ccccc1)c1ccc(-c2ccc(N3c4c(ccc5sc6ccccc6c45)C4C=CC=CC43)cc2)cc1)c1ccccc1. The number of benzene rings is 6. The van der Waals surface area contributed by atoms with Gasteiger partial charge in [-0.3, -0.25) is 4.99 Å². The molecule has 1 aromatic heterocycles. The van der Waals surface area contributed by atoms with Crippen LogP contribution in [0.1, 0.15) is 41.1 Å². The predicted molar refractivity (Wildman–Crippen MR) is 217 cm³/mol. The number of nitrogens with zero attached hydrogens (tertiary/aromatic N) is 3. The number of hydrogen-bond acceptors (Lipinski definition) is 3. The van der Waals surface area contributed by atoms with Crippen LogP contribution >= 0.6 is 11.3 Å². The highest BCUT2D eigenvalue weighted by molar-refractivity contribution is 7.26. The van der Waals surface area contributed by atoms with Gasteiger partial charge < -0.3 is 10.6 Å². The highest BCUT2D eigenvalue weighted by atomic mass is 32.1. The molecule has 3 atom stereocenters. The maximum absolute atomic E-state index is 6.51. The molecule has 0 amide bonds. The van der Waals surface area contributed by atoms with Crippen molar-refractivity contribution < 1.29 is 0 Å². The quantitative estimate of drug-likeness (QED) is 0.141. The van der Waals surface area contributed by atoms with Gasteiger partial charge in [0.1, 0.15) is 5.84 Å². The fraction of sp³-hybridized carbons (Fsp3) is 0.0870. The molecular weight excluding hydrogens is 641 g/mol. The lowest BCUT2D eigenvalue weighted by molar-refractivity contribution is 0.745. The lowest BCUT2D eigenvalue weighted by Gasteiger charge is -2.29. The van der Waals surface area contributed by atoms with E-state index < -0.39 is 0 Å². The Hall–Kier alpha value is -6.04. The van der Waals surface area contributed by atoms with Crippen molar-refractivity contribution in [2.45, 2.75) is 24.9 Å². The van der Waals surface area contributed by atoms with Crippen molar-refractivity contribution in [2.75, 3.05) is 4.90 Å². The Morgan fingerprint density at radius 2 is 1.33 bits per heavy atom. The molecule has 0 fully saturated rings. The molecule has 1 aliphatic heterocycles. The second-order valence-corrected chi connectivity index (χ2v) is 14.2. The van der Waals surface area contributed by atoms with Gasteiger partial charge in [0.05, 0.1) is 17.8 Å². The van der Waals surface area contributed by atoms with E-state index in [2.05, 4.69) is 133 Å². The van der Waals surface area contributed by atoms with Gasteiger partial charge in [0, 0.05) is 42.9 Å². The first-order chi connectivity index (χ1) is 25.1. The number of amidine groups is 2. The fourth-order valence-corrected chi connectivity index (χ4v) is 8.60. The zero-order valence-electron chi connectivity index (χ0n) is 28.2. The number of thiophene rings is 1. The highest BCUT2D eigenvalue weighted by Gasteiger charge is 2.39. The summed E-state index contributed by atoms with van der Waals surface area (Å²) in [6.07, 6.45) is 9.09. The molecule has 0 saturated carbocycles. The molecule has 2 aliphatic rings. The summed E-state index contributed by atoms with van der Waals surface area (Å²) < 4.78 is 2.66. The van der Waals surface area contributed by atoms with E-state index in [0.717, 1.165) is 27.8 Å². The highest BCUT2D eigenvalue weighted by Crippen LogP contribution is 2.53. The summed E-state index contributed by atoms with van der Waals surface area (Å²) in [7, 11) is 0. The van der Waals surface area contributed by atoms with Gasteiger partial charge in [0.15, 0.2) is 5.84 Å². The zero-order valence-corrected chi connectivity index (χ0v) is 29.0. The molecule has 1 aliphatic carbocycles. The first-order valence-electron chi connectivity index (χ1n) is 17.4. The van der Waals surface area contributed by atoms with Crippen molar-refractivity contribution >= 4 is 54.6 Å². The number of hydrogen-bond donors (Lipinski definition) is 1. The van der Waals surface area contributed by atoms with E-state index in [9.17, 15) is 0 Å². The second kappa shape index (κ2) is 13.0. The lowest BCUT2D eigenvalue weighted by Crippen LogP contribution is -2.28. The summed E-state index contributed by atoms with van der Waals surface area (Å²) in [5, 5.41) is 2.69. The maximum Gasteiger partial charge on any atom is 0.157 e. The Labute approximate surface area is 302 Å². The van der Waals surface area contributed by atoms with Crippen molar-refractivity contribution in [1.82, 2.24) is 0 Å². The Morgan fingerprint density at radius 3 is 2.10 bits per heavy atom. The Morgan fingerprint density at radius 1 is 0.667 bits per heavy atom. The fourth-order valence-electron chi connectivity index (χ4n) is 7.49. The molecule has 3 unspecified atom stereocenters. The smallest absolute Gasteiger partial charge is 0.157 e. The number of rotatable bonds is 6. The molecule has 0 saturated heterocycles. The molecule has 5 heteroatoms. The molecule has 9 rings (SSSR count). The first kappa shape index (κ1) is 31.0. The van der Waals surface area contributed by atoms with Crippen LogP contribution in [0.4, 0.5) is 11.4 Å². The molecule has 51 heavy (non-hydrogen) atoms. The number of aliphatic imine (C=N–C) groups is 2. The van der Waals surface area contributed by atoms with Gasteiger partial charge in [0.25, 0.3) is 0 Å². The standard InChI is InChI=1S/C46H36N4S/c1-30(31-12-4-2-5-13-31)48-46(49-45(47)34-14-6-3-7-15-34)35-22-20-32(21-23-35)33-24-26-36(27-25-33)50-40-18-10-8-16-37(40)38-28-29-42-43(44(38)50)39-17-9-11-19-41(39)51-42/h2-30,37,40H,1H3,(H2,47,48,49). The molecular formula is C46H36N4S. The molecule has 6 aromatic carbocycles. The number of nitrogens with two attached hydrogens (primary N) is 1. The van der Waals surface area contributed by atoms with Gasteiger partial charge in [-0.05, 0) is 53.4 Å². The van der Waals surface area contributed by atoms with Crippen LogP contribution in [0.15, 0.2) is 180 Å². The minimum atomic E-state index is -0.0844. The van der Waals surface area contributed by atoms with E-state index >= 15 is 0 Å². The van der Waals surface area contributed by atoms with Crippen molar-refractivity contribution in [3.8, 4) is 11.1 Å². The summed E-state index contributed by atoms with van der Waals surface area (Å²) in [6.45, 7) is 2.09. The Bertz CT molecular complexity index is 2490. The van der Waals surface area contributed by atoms with Gasteiger partial charge in [-0.15, -0.1) is 11.3 Å². The Kier molecular flexibility index (Phi) is 7.90. The molecule has 2 N–H and O–H groups in total. The molecule has 2 heterocycles. The van der Waals surface area contributed by atoms with E-state index in [0.29, 0.717) is 17.6 Å². The molecule has 7 aromatic rings. The molecule has 246 valence electrons. The largest absolute Gasteiger partial charge is 0.383 e. The predicted octanol–water partition coefficient (Wildman–Crippen LogP) is 11.4. The van der Waals surface area contributed by atoms with E-state index in [-0.39, 0.29) is 12.1 Å². The van der Waals surface area contributed by atoms with Crippen LogP contribution in [0, 0.1) is 0 Å². The van der Waals surface area contributed by atoms with E-state index in [4.69, 9.17) is 15.7 Å². The maximum atomic E-state index is 6.51. The number of fused-ring (bicyclic) bond motifs is 7. The van der Waals surface area contributed by atoms with Crippen molar-refractivity contribution in [3.63, 3.8) is 0 Å². The van der Waals surface area contributed by atoms with Crippen LogP contribution in [-0.2, 0) is 0 Å². The Balaban J connectivity index is 1.06. The van der Waals surface area contributed by atoms with Crippen molar-refractivity contribution in [3.05, 3.63) is 192 Å². The van der Waals surface area contributed by atoms with Crippen LogP contribution in [0.25, 0.3) is 31.3 Å². The summed E-state index contributed by atoms with van der Waals surface area (Å²) >= 11 is 1.88. The summed E-state index contributed by atoms with van der Waals surface area (Å²) in [6, 6.07) is 51.3. The van der Waals surface area contributed by atoms with Gasteiger partial charge in [-0.25, -0.2) is 4.99 Å². The van der Waals surface area contributed by atoms with Crippen LogP contribution in [0.2, 0.25) is 0 Å². The first-order valence-corrected chi connectivity index (χ1v) is 18.3. The van der Waals surface area contributed by atoms with Crippen LogP contribution < -0.4 is 10.6 Å². The van der Waals surface area contributed by atoms with E-state index in [1.807, 2.05) is 59.9 Å². The van der Waals surface area contributed by atoms with Crippen LogP contribution in [0.3, 0.4) is 0 Å². The van der Waals surface area contributed by atoms with Gasteiger partial charge >= 0.3 is 0 Å². The third-order valence-corrected chi connectivity index (χ3v) is 11.2. The normalized spacial score (nSPS) is 17.5. The van der Waals surface area contributed by atoms with Crippen LogP contribution in [0.5, 0.6) is 0 Å². The van der Waals surface area contributed by atoms with E-state index in [1.54, 1.807) is 0 Å². The monoisotopic (exact) mass is 676 g/mol. The third kappa shape index (κ3) is 5.66. The average molecular weight is 677 g/mol. The molecule has 0 radical (unpaired) electrons. The zero-order chi connectivity index (χ0) is 34.3. The molecule has 0 spiro atoms. The van der Waals surface area contributed by atoms with Gasteiger partial charge in [-0.2, -0.15) is 0 Å². The topological polar surface area (TPSA) is 54.0 Å². The van der Waals surface area contributed by atoms with Gasteiger partial charge in [0.2, 0.25) is 0 Å². The molecule has 4 nitrogen and oxygen atoms in total. The third-order valence-electron chi connectivity index (χ3n) is 10.1. The minimum Gasteiger partial charge on any atom is -0.383 e. The van der Waals surface area contributed by atoms with Crippen LogP contribution in [-0.4, -0.2) is 17.7 Å². The summed E-state index contributed by atoms with van der Waals surface area (Å²) in [5.74, 6) is 1.37. The summed E-state index contributed by atoms with van der Waals surface area (Å²) in [4.78, 5) is 12.5. The number of anilines is 2. The molecule has 0 bridgehead atoms.